The number of rotatable bonds is 9. The molecule has 0 unspecified atom stereocenters. The number of aryl methyl sites for hydroxylation is 4. The van der Waals surface area contributed by atoms with Crippen molar-refractivity contribution >= 4 is 21.6 Å². The highest BCUT2D eigenvalue weighted by Crippen LogP contribution is 2.27. The van der Waals surface area contributed by atoms with Crippen LogP contribution < -0.4 is 14.4 Å². The number of anilines is 1. The Hall–Kier alpha value is -3.32. The van der Waals surface area contributed by atoms with E-state index in [2.05, 4.69) is 24.4 Å². The molecule has 0 saturated heterocycles. The Morgan fingerprint density at radius 3 is 2.11 bits per heavy atom. The average Bonchev–Trinajstić information content (AvgIpc) is 2.81. The summed E-state index contributed by atoms with van der Waals surface area (Å²) >= 11 is 0. The highest BCUT2D eigenvalue weighted by Gasteiger charge is 2.28. The SMILES string of the molecule is CCOc1ccc(N(CC(=O)N[C@@H](C)c2cc(C)c(C)cc2C)S(=O)(=O)c2ccc(C)cc2)cc1. The van der Waals surface area contributed by atoms with Gasteiger partial charge in [0.15, 0.2) is 0 Å². The van der Waals surface area contributed by atoms with E-state index in [0.29, 0.717) is 18.0 Å². The zero-order valence-corrected chi connectivity index (χ0v) is 22.1. The molecule has 0 aromatic heterocycles. The summed E-state index contributed by atoms with van der Waals surface area (Å²) in [7, 11) is -3.98. The Balaban J connectivity index is 1.91. The number of nitrogens with one attached hydrogen (secondary N) is 1. The first-order valence-corrected chi connectivity index (χ1v) is 13.2. The maximum atomic E-state index is 13.6. The Morgan fingerprint density at radius 2 is 1.51 bits per heavy atom. The highest BCUT2D eigenvalue weighted by molar-refractivity contribution is 7.92. The van der Waals surface area contributed by atoms with Gasteiger partial charge in [-0.05, 0) is 100 Å². The van der Waals surface area contributed by atoms with Crippen molar-refractivity contribution < 1.29 is 17.9 Å². The van der Waals surface area contributed by atoms with Gasteiger partial charge in [0.25, 0.3) is 10.0 Å². The molecule has 0 bridgehead atoms. The van der Waals surface area contributed by atoms with E-state index in [9.17, 15) is 13.2 Å². The van der Waals surface area contributed by atoms with Crippen LogP contribution in [0.25, 0.3) is 0 Å². The largest absolute Gasteiger partial charge is 0.494 e. The molecule has 0 heterocycles. The van der Waals surface area contributed by atoms with Crippen molar-refractivity contribution in [2.45, 2.75) is 52.5 Å². The van der Waals surface area contributed by atoms with Crippen LogP contribution >= 0.6 is 0 Å². The smallest absolute Gasteiger partial charge is 0.264 e. The van der Waals surface area contributed by atoms with Gasteiger partial charge in [0.2, 0.25) is 5.91 Å². The summed E-state index contributed by atoms with van der Waals surface area (Å²) in [6.45, 7) is 11.9. The first kappa shape index (κ1) is 26.3. The topological polar surface area (TPSA) is 75.7 Å². The maximum absolute atomic E-state index is 13.6. The van der Waals surface area contributed by atoms with Crippen LogP contribution in [-0.2, 0) is 14.8 Å². The fraction of sp³-hybridized carbons (Fsp3) is 0.321. The summed E-state index contributed by atoms with van der Waals surface area (Å²) in [4.78, 5) is 13.3. The van der Waals surface area contributed by atoms with Crippen LogP contribution in [-0.4, -0.2) is 27.5 Å². The minimum Gasteiger partial charge on any atom is -0.494 e. The van der Waals surface area contributed by atoms with Gasteiger partial charge in [0.1, 0.15) is 12.3 Å². The highest BCUT2D eigenvalue weighted by atomic mass is 32.2. The van der Waals surface area contributed by atoms with Gasteiger partial charge in [0, 0.05) is 0 Å². The van der Waals surface area contributed by atoms with E-state index in [1.54, 1.807) is 48.5 Å². The summed E-state index contributed by atoms with van der Waals surface area (Å²) in [5.74, 6) is 0.243. The third-order valence-electron chi connectivity index (χ3n) is 6.06. The van der Waals surface area contributed by atoms with Crippen LogP contribution in [0.3, 0.4) is 0 Å². The molecular weight excluding hydrogens is 460 g/mol. The molecule has 0 aliphatic carbocycles. The Bertz CT molecular complexity index is 1280. The zero-order valence-electron chi connectivity index (χ0n) is 21.3. The van der Waals surface area contributed by atoms with Gasteiger partial charge < -0.3 is 10.1 Å². The lowest BCUT2D eigenvalue weighted by Gasteiger charge is -2.26. The predicted octanol–water partition coefficient (Wildman–Crippen LogP) is 5.39. The van der Waals surface area contributed by atoms with E-state index >= 15 is 0 Å². The van der Waals surface area contributed by atoms with E-state index < -0.39 is 10.0 Å². The molecular formula is C28H34N2O4S. The van der Waals surface area contributed by atoms with Gasteiger partial charge in [-0.25, -0.2) is 8.42 Å². The number of nitrogens with zero attached hydrogens (tertiary/aromatic N) is 1. The van der Waals surface area contributed by atoms with Crippen LogP contribution in [0.15, 0.2) is 65.6 Å². The van der Waals surface area contributed by atoms with Crippen molar-refractivity contribution in [3.05, 3.63) is 88.5 Å². The number of carbonyl (C=O) groups is 1. The number of hydrogen-bond acceptors (Lipinski definition) is 4. The van der Waals surface area contributed by atoms with Crippen molar-refractivity contribution in [3.63, 3.8) is 0 Å². The van der Waals surface area contributed by atoms with Crippen LogP contribution in [0.2, 0.25) is 0 Å². The number of carbonyl (C=O) groups excluding carboxylic acids is 1. The van der Waals surface area contributed by atoms with Crippen molar-refractivity contribution in [2.75, 3.05) is 17.5 Å². The van der Waals surface area contributed by atoms with E-state index in [-0.39, 0.29) is 23.4 Å². The van der Waals surface area contributed by atoms with E-state index in [1.807, 2.05) is 34.6 Å². The van der Waals surface area contributed by atoms with Crippen molar-refractivity contribution in [3.8, 4) is 5.75 Å². The Morgan fingerprint density at radius 1 is 0.914 bits per heavy atom. The molecule has 35 heavy (non-hydrogen) atoms. The maximum Gasteiger partial charge on any atom is 0.264 e. The number of ether oxygens (including phenoxy) is 1. The standard InChI is InChI=1S/C28H34N2O4S/c1-7-34-25-12-10-24(11-13-25)30(35(32,33)26-14-8-19(2)9-15-26)18-28(31)29-23(6)27-17-21(4)20(3)16-22(27)5/h8-17,23H,7,18H2,1-6H3,(H,29,31)/t23-/m0/s1. The molecule has 3 rings (SSSR count). The average molecular weight is 495 g/mol. The molecule has 3 aromatic carbocycles. The summed E-state index contributed by atoms with van der Waals surface area (Å²) in [5, 5.41) is 2.98. The van der Waals surface area contributed by atoms with Crippen LogP contribution in [0, 0.1) is 27.7 Å². The van der Waals surface area contributed by atoms with E-state index in [4.69, 9.17) is 4.74 Å². The van der Waals surface area contributed by atoms with Gasteiger partial charge in [-0.1, -0.05) is 29.8 Å². The van der Waals surface area contributed by atoms with Gasteiger partial charge in [0.05, 0.1) is 23.2 Å². The van der Waals surface area contributed by atoms with Crippen LogP contribution in [0.4, 0.5) is 5.69 Å². The molecule has 6 nitrogen and oxygen atoms in total. The Kier molecular flexibility index (Phi) is 8.22. The monoisotopic (exact) mass is 494 g/mol. The van der Waals surface area contributed by atoms with Crippen LogP contribution in [0.5, 0.6) is 5.75 Å². The third-order valence-corrected chi connectivity index (χ3v) is 7.85. The quantitative estimate of drug-likeness (QED) is 0.433. The summed E-state index contributed by atoms with van der Waals surface area (Å²) < 4.78 is 33.8. The molecule has 0 saturated carbocycles. The number of amides is 1. The second-order valence-electron chi connectivity index (χ2n) is 8.83. The van der Waals surface area contributed by atoms with E-state index in [0.717, 1.165) is 26.6 Å². The molecule has 7 heteroatoms. The van der Waals surface area contributed by atoms with Gasteiger partial charge in [-0.2, -0.15) is 0 Å². The third kappa shape index (κ3) is 6.22. The lowest BCUT2D eigenvalue weighted by Crippen LogP contribution is -2.41. The second-order valence-corrected chi connectivity index (χ2v) is 10.7. The molecule has 0 fully saturated rings. The fourth-order valence-corrected chi connectivity index (χ4v) is 5.39. The zero-order chi connectivity index (χ0) is 25.8. The van der Waals surface area contributed by atoms with E-state index in [1.165, 1.54) is 5.56 Å². The Labute approximate surface area is 209 Å². The normalized spacial score (nSPS) is 12.2. The summed E-state index contributed by atoms with van der Waals surface area (Å²) in [6, 6.07) is 17.2. The minimum absolute atomic E-state index is 0.128. The molecule has 1 N–H and O–H groups in total. The van der Waals surface area contributed by atoms with Gasteiger partial charge in [-0.15, -0.1) is 0 Å². The van der Waals surface area contributed by atoms with Gasteiger partial charge in [-0.3, -0.25) is 9.10 Å². The molecule has 186 valence electrons. The molecule has 3 aromatic rings. The fourth-order valence-electron chi connectivity index (χ4n) is 3.97. The molecule has 0 radical (unpaired) electrons. The molecule has 0 spiro atoms. The minimum atomic E-state index is -3.98. The lowest BCUT2D eigenvalue weighted by atomic mass is 9.96. The first-order chi connectivity index (χ1) is 16.5. The summed E-state index contributed by atoms with van der Waals surface area (Å²) in [6.07, 6.45) is 0. The van der Waals surface area contributed by atoms with Gasteiger partial charge >= 0.3 is 0 Å². The van der Waals surface area contributed by atoms with Crippen molar-refractivity contribution in [1.29, 1.82) is 0 Å². The number of sulfonamides is 1. The lowest BCUT2D eigenvalue weighted by molar-refractivity contribution is -0.120. The summed E-state index contributed by atoms with van der Waals surface area (Å²) in [5.41, 5.74) is 5.76. The van der Waals surface area contributed by atoms with Crippen molar-refractivity contribution in [2.24, 2.45) is 0 Å². The predicted molar refractivity (Wildman–Crippen MR) is 141 cm³/mol. The molecule has 1 amide bonds. The van der Waals surface area contributed by atoms with Crippen LogP contribution in [0.1, 0.15) is 47.7 Å². The number of benzene rings is 3. The number of hydrogen-bond donors (Lipinski definition) is 1. The molecule has 0 aliphatic heterocycles. The van der Waals surface area contributed by atoms with Crippen molar-refractivity contribution in [1.82, 2.24) is 5.32 Å². The molecule has 0 aliphatic rings. The molecule has 1 atom stereocenters. The first-order valence-electron chi connectivity index (χ1n) is 11.7. The second kappa shape index (κ2) is 11.0.